The van der Waals surface area contributed by atoms with Crippen LogP contribution in [0.4, 0.5) is 5.82 Å². The normalized spacial score (nSPS) is 16.2. The van der Waals surface area contributed by atoms with Crippen LogP contribution in [0.5, 0.6) is 0 Å². The van der Waals surface area contributed by atoms with Gasteiger partial charge in [0.05, 0.1) is 22.8 Å². The maximum atomic E-state index is 11.8. The Labute approximate surface area is 159 Å². The number of fused-ring (bicyclic) bond motifs is 3. The molecule has 3 aromatic rings. The fourth-order valence-corrected chi connectivity index (χ4v) is 4.80. The second-order valence-corrected chi connectivity index (χ2v) is 9.33. The first kappa shape index (κ1) is 18.2. The molecule has 0 saturated heterocycles. The summed E-state index contributed by atoms with van der Waals surface area (Å²) < 4.78 is 28.7. The number of hydrogen-bond donors (Lipinski definition) is 2. The summed E-state index contributed by atoms with van der Waals surface area (Å²) in [7, 11) is -3.28. The highest BCUT2D eigenvalue weighted by Gasteiger charge is 2.46. The number of nitrogens with zero attached hydrogens (tertiary/aromatic N) is 3. The van der Waals surface area contributed by atoms with E-state index in [1.54, 1.807) is 0 Å². The summed E-state index contributed by atoms with van der Waals surface area (Å²) in [5, 5.41) is 0.993. The molecule has 0 atom stereocenters. The lowest BCUT2D eigenvalue weighted by molar-refractivity contribution is 0.481. The predicted molar refractivity (Wildman–Crippen MR) is 108 cm³/mol. The van der Waals surface area contributed by atoms with E-state index in [2.05, 4.69) is 21.2 Å². The van der Waals surface area contributed by atoms with Crippen LogP contribution in [0.3, 0.4) is 0 Å². The van der Waals surface area contributed by atoms with Gasteiger partial charge in [0, 0.05) is 18.4 Å². The Morgan fingerprint density at radius 3 is 2.67 bits per heavy atom. The van der Waals surface area contributed by atoms with Crippen molar-refractivity contribution in [3.8, 4) is 0 Å². The van der Waals surface area contributed by atoms with Gasteiger partial charge in [0.25, 0.3) is 0 Å². The van der Waals surface area contributed by atoms with Crippen LogP contribution in [0.2, 0.25) is 0 Å². The van der Waals surface area contributed by atoms with Gasteiger partial charge in [-0.25, -0.2) is 23.1 Å². The van der Waals surface area contributed by atoms with Crippen molar-refractivity contribution in [2.24, 2.45) is 0 Å². The molecule has 0 spiro atoms. The van der Waals surface area contributed by atoms with Crippen LogP contribution < -0.4 is 10.5 Å². The first-order chi connectivity index (χ1) is 12.8. The van der Waals surface area contributed by atoms with Crippen molar-refractivity contribution in [3.63, 3.8) is 0 Å². The number of sulfonamides is 1. The zero-order chi connectivity index (χ0) is 19.2. The van der Waals surface area contributed by atoms with Crippen LogP contribution in [0, 0.1) is 0 Å². The molecular formula is C19H25N5O2S. The number of hydrogen-bond acceptors (Lipinski definition) is 5. The lowest BCUT2D eigenvalue weighted by atomic mass is 10.1. The standard InChI is InChI=1S/C19H25N5O2S/c1-3-4-9-15-22-16-17(13-7-5-6-8-14(13)21-18(16)20)24(15)12-19(10-11-19)23-27(2,25)26/h5-8,23H,3-4,9-12H2,1-2H3,(H2,20,21). The highest BCUT2D eigenvalue weighted by molar-refractivity contribution is 7.88. The SMILES string of the molecule is CCCCc1nc2c(N)nc3ccccc3c2n1CC1(NS(C)(=O)=O)CC1. The molecule has 0 bridgehead atoms. The molecule has 1 aliphatic carbocycles. The maximum Gasteiger partial charge on any atom is 0.209 e. The molecule has 27 heavy (non-hydrogen) atoms. The van der Waals surface area contributed by atoms with E-state index >= 15 is 0 Å². The number of imidazole rings is 1. The van der Waals surface area contributed by atoms with Gasteiger partial charge in [-0.3, -0.25) is 0 Å². The van der Waals surface area contributed by atoms with Crippen molar-refractivity contribution >= 4 is 37.8 Å². The second-order valence-electron chi connectivity index (χ2n) is 7.58. The molecule has 1 fully saturated rings. The van der Waals surface area contributed by atoms with E-state index in [-0.39, 0.29) is 0 Å². The number of rotatable bonds is 7. The number of nitrogens with two attached hydrogens (primary N) is 1. The average molecular weight is 388 g/mol. The average Bonchev–Trinajstić information content (AvgIpc) is 3.23. The molecule has 1 aromatic carbocycles. The third kappa shape index (κ3) is 3.51. The monoisotopic (exact) mass is 387 g/mol. The van der Waals surface area contributed by atoms with Crippen LogP contribution in [-0.2, 0) is 23.0 Å². The minimum absolute atomic E-state index is 0.418. The number of aromatic nitrogens is 3. The molecule has 2 aromatic heterocycles. The van der Waals surface area contributed by atoms with Crippen molar-refractivity contribution in [2.45, 2.75) is 51.1 Å². The van der Waals surface area contributed by atoms with Crippen molar-refractivity contribution in [1.29, 1.82) is 0 Å². The highest BCUT2D eigenvalue weighted by atomic mass is 32.2. The van der Waals surface area contributed by atoms with Crippen molar-refractivity contribution in [1.82, 2.24) is 19.3 Å². The fraction of sp³-hybridized carbons (Fsp3) is 0.474. The minimum atomic E-state index is -3.28. The Bertz CT molecular complexity index is 1120. The molecule has 7 nitrogen and oxygen atoms in total. The Morgan fingerprint density at radius 1 is 1.26 bits per heavy atom. The Morgan fingerprint density at radius 2 is 2.00 bits per heavy atom. The van der Waals surface area contributed by atoms with E-state index in [1.807, 2.05) is 24.3 Å². The minimum Gasteiger partial charge on any atom is -0.382 e. The van der Waals surface area contributed by atoms with Gasteiger partial charge in [-0.1, -0.05) is 31.5 Å². The molecule has 0 aliphatic heterocycles. The van der Waals surface area contributed by atoms with Gasteiger partial charge in [0.1, 0.15) is 11.3 Å². The lowest BCUT2D eigenvalue weighted by Gasteiger charge is -2.19. The van der Waals surface area contributed by atoms with E-state index in [4.69, 9.17) is 10.7 Å². The van der Waals surface area contributed by atoms with Crippen LogP contribution in [0.25, 0.3) is 21.9 Å². The van der Waals surface area contributed by atoms with Gasteiger partial charge >= 0.3 is 0 Å². The number of unbranched alkanes of at least 4 members (excludes halogenated alkanes) is 1. The molecule has 0 unspecified atom stereocenters. The Kier molecular flexibility index (Phi) is 4.35. The smallest absolute Gasteiger partial charge is 0.209 e. The van der Waals surface area contributed by atoms with Crippen LogP contribution in [0.15, 0.2) is 24.3 Å². The second kappa shape index (κ2) is 6.45. The molecule has 0 radical (unpaired) electrons. The summed E-state index contributed by atoms with van der Waals surface area (Å²) in [6, 6.07) is 7.88. The van der Waals surface area contributed by atoms with Crippen LogP contribution >= 0.6 is 0 Å². The van der Waals surface area contributed by atoms with Gasteiger partial charge in [-0.2, -0.15) is 0 Å². The van der Waals surface area contributed by atoms with Crippen molar-refractivity contribution in [2.75, 3.05) is 12.0 Å². The Hall–Kier alpha value is -2.19. The molecule has 1 aliphatic rings. The zero-order valence-corrected chi connectivity index (χ0v) is 16.5. The van der Waals surface area contributed by atoms with E-state index in [0.29, 0.717) is 17.9 Å². The number of pyridine rings is 1. The summed E-state index contributed by atoms with van der Waals surface area (Å²) in [6.07, 6.45) is 5.77. The van der Waals surface area contributed by atoms with Gasteiger partial charge in [0.15, 0.2) is 5.82 Å². The predicted octanol–water partition coefficient (Wildman–Crippen LogP) is 2.59. The van der Waals surface area contributed by atoms with Gasteiger partial charge in [0.2, 0.25) is 10.0 Å². The Balaban J connectivity index is 1.90. The third-order valence-electron chi connectivity index (χ3n) is 5.16. The topological polar surface area (TPSA) is 103 Å². The number of para-hydroxylation sites is 1. The summed E-state index contributed by atoms with van der Waals surface area (Å²) >= 11 is 0. The maximum absolute atomic E-state index is 11.8. The van der Waals surface area contributed by atoms with Crippen LogP contribution in [-0.4, -0.2) is 34.7 Å². The third-order valence-corrected chi connectivity index (χ3v) is 5.96. The molecule has 144 valence electrons. The van der Waals surface area contributed by atoms with E-state index < -0.39 is 15.6 Å². The van der Waals surface area contributed by atoms with Crippen LogP contribution in [0.1, 0.15) is 38.4 Å². The number of nitrogens with one attached hydrogen (secondary N) is 1. The molecule has 2 heterocycles. The van der Waals surface area contributed by atoms with Gasteiger partial charge in [-0.05, 0) is 25.3 Å². The highest BCUT2D eigenvalue weighted by Crippen LogP contribution is 2.40. The van der Waals surface area contributed by atoms with Gasteiger partial charge in [-0.15, -0.1) is 0 Å². The van der Waals surface area contributed by atoms with Gasteiger partial charge < -0.3 is 10.3 Å². The number of nitrogen functional groups attached to an aromatic ring is 1. The quantitative estimate of drug-likeness (QED) is 0.649. The summed E-state index contributed by atoms with van der Waals surface area (Å²) in [4.78, 5) is 9.31. The van der Waals surface area contributed by atoms with Crippen molar-refractivity contribution in [3.05, 3.63) is 30.1 Å². The van der Waals surface area contributed by atoms with E-state index in [9.17, 15) is 8.42 Å². The molecule has 1 saturated carbocycles. The van der Waals surface area contributed by atoms with E-state index in [1.165, 1.54) is 6.26 Å². The largest absolute Gasteiger partial charge is 0.382 e. The lowest BCUT2D eigenvalue weighted by Crippen LogP contribution is -2.39. The first-order valence-electron chi connectivity index (χ1n) is 9.34. The molecule has 4 rings (SSSR count). The number of anilines is 1. The van der Waals surface area contributed by atoms with E-state index in [0.717, 1.165) is 54.3 Å². The summed E-state index contributed by atoms with van der Waals surface area (Å²) in [5.74, 6) is 1.36. The molecule has 0 amide bonds. The van der Waals surface area contributed by atoms with Crippen molar-refractivity contribution < 1.29 is 8.42 Å². The summed E-state index contributed by atoms with van der Waals surface area (Å²) in [6.45, 7) is 2.70. The zero-order valence-electron chi connectivity index (χ0n) is 15.7. The molecule has 3 N–H and O–H groups in total. The number of aryl methyl sites for hydroxylation is 1. The fourth-order valence-electron chi connectivity index (χ4n) is 3.74. The number of benzene rings is 1. The molecular weight excluding hydrogens is 362 g/mol. The first-order valence-corrected chi connectivity index (χ1v) is 11.2. The molecule has 8 heteroatoms. The summed E-state index contributed by atoms with van der Waals surface area (Å²) in [5.41, 5.74) is 8.27.